The Hall–Kier alpha value is -0.0800. The maximum absolute atomic E-state index is 6.28. The predicted molar refractivity (Wildman–Crippen MR) is 83.2 cm³/mol. The summed E-state index contributed by atoms with van der Waals surface area (Å²) in [5.41, 5.74) is 6.60. The van der Waals surface area contributed by atoms with E-state index in [1.165, 1.54) is 44.9 Å². The number of hydrogen-bond donors (Lipinski definition) is 1. The summed E-state index contributed by atoms with van der Waals surface area (Å²) < 4.78 is 0. The fourth-order valence-electron chi connectivity index (χ4n) is 4.74. The van der Waals surface area contributed by atoms with E-state index < -0.39 is 0 Å². The van der Waals surface area contributed by atoms with Gasteiger partial charge in [-0.1, -0.05) is 20.8 Å². The molecule has 19 heavy (non-hydrogen) atoms. The van der Waals surface area contributed by atoms with Crippen LogP contribution in [0.2, 0.25) is 0 Å². The molecule has 0 amide bonds. The van der Waals surface area contributed by atoms with Crippen LogP contribution in [0.25, 0.3) is 0 Å². The molecule has 2 heteroatoms. The minimum absolute atomic E-state index is 0.321. The fraction of sp³-hybridized carbons (Fsp3) is 1.00. The Morgan fingerprint density at radius 2 is 1.79 bits per heavy atom. The van der Waals surface area contributed by atoms with Crippen molar-refractivity contribution in [2.24, 2.45) is 17.6 Å². The number of nitrogens with two attached hydrogens (primary N) is 1. The van der Waals surface area contributed by atoms with Crippen molar-refractivity contribution in [2.75, 3.05) is 6.54 Å². The summed E-state index contributed by atoms with van der Waals surface area (Å²) >= 11 is 0. The maximum atomic E-state index is 6.28. The molecular formula is C17H34N2. The van der Waals surface area contributed by atoms with Crippen molar-refractivity contribution in [3.05, 3.63) is 0 Å². The smallest absolute Gasteiger partial charge is 0.0337 e. The largest absolute Gasteiger partial charge is 0.329 e. The summed E-state index contributed by atoms with van der Waals surface area (Å²) in [4.78, 5) is 2.84. The Bertz CT molecular complexity index is 279. The molecule has 2 fully saturated rings. The van der Waals surface area contributed by atoms with E-state index in [1.54, 1.807) is 0 Å². The third-order valence-electron chi connectivity index (χ3n) is 6.09. The van der Waals surface area contributed by atoms with Crippen LogP contribution < -0.4 is 5.73 Å². The molecule has 2 rings (SSSR count). The molecular weight excluding hydrogens is 232 g/mol. The standard InChI is InChI=1S/C17H34N2/c1-5-16-7-6-14(4)19(16)17(12-18)10-8-15(9-11-17)13(2)3/h13-16H,5-12,18H2,1-4H3. The molecule has 2 aliphatic rings. The van der Waals surface area contributed by atoms with Crippen LogP contribution in [0.15, 0.2) is 0 Å². The fourth-order valence-corrected chi connectivity index (χ4v) is 4.74. The van der Waals surface area contributed by atoms with Gasteiger partial charge in [0, 0.05) is 24.2 Å². The van der Waals surface area contributed by atoms with Gasteiger partial charge in [0.15, 0.2) is 0 Å². The Kier molecular flexibility index (Phi) is 4.94. The zero-order valence-electron chi connectivity index (χ0n) is 13.5. The van der Waals surface area contributed by atoms with Crippen LogP contribution in [0.3, 0.4) is 0 Å². The topological polar surface area (TPSA) is 29.3 Å². The first kappa shape index (κ1) is 15.3. The lowest BCUT2D eigenvalue weighted by atomic mass is 9.71. The minimum atomic E-state index is 0.321. The molecule has 1 aliphatic carbocycles. The van der Waals surface area contributed by atoms with Gasteiger partial charge in [0.1, 0.15) is 0 Å². The van der Waals surface area contributed by atoms with Gasteiger partial charge in [-0.25, -0.2) is 0 Å². The summed E-state index contributed by atoms with van der Waals surface area (Å²) in [5, 5.41) is 0. The summed E-state index contributed by atoms with van der Waals surface area (Å²) in [6, 6.07) is 1.53. The zero-order chi connectivity index (χ0) is 14.0. The van der Waals surface area contributed by atoms with Crippen molar-refractivity contribution in [1.82, 2.24) is 4.90 Å². The number of rotatable bonds is 4. The molecule has 2 nitrogen and oxygen atoms in total. The molecule has 0 aromatic rings. The van der Waals surface area contributed by atoms with Gasteiger partial charge in [-0.2, -0.15) is 0 Å². The van der Waals surface area contributed by atoms with Crippen LogP contribution in [0, 0.1) is 11.8 Å². The Balaban J connectivity index is 2.11. The van der Waals surface area contributed by atoms with Crippen molar-refractivity contribution >= 4 is 0 Å². The highest BCUT2D eigenvalue weighted by molar-refractivity contribution is 5.02. The van der Waals surface area contributed by atoms with Crippen LogP contribution >= 0.6 is 0 Å². The number of hydrogen-bond acceptors (Lipinski definition) is 2. The quantitative estimate of drug-likeness (QED) is 0.839. The second-order valence-corrected chi connectivity index (χ2v) is 7.41. The van der Waals surface area contributed by atoms with Crippen LogP contribution in [0.1, 0.15) is 72.6 Å². The summed E-state index contributed by atoms with van der Waals surface area (Å²) in [7, 11) is 0. The molecule has 0 radical (unpaired) electrons. The lowest BCUT2D eigenvalue weighted by Crippen LogP contribution is -2.59. The van der Waals surface area contributed by atoms with Gasteiger partial charge < -0.3 is 5.73 Å². The third-order valence-corrected chi connectivity index (χ3v) is 6.09. The summed E-state index contributed by atoms with van der Waals surface area (Å²) in [6.45, 7) is 10.4. The lowest BCUT2D eigenvalue weighted by Gasteiger charge is -2.51. The molecule has 1 aliphatic heterocycles. The van der Waals surface area contributed by atoms with E-state index in [9.17, 15) is 0 Å². The first-order chi connectivity index (χ1) is 9.04. The van der Waals surface area contributed by atoms with Crippen molar-refractivity contribution in [3.8, 4) is 0 Å². The second-order valence-electron chi connectivity index (χ2n) is 7.41. The number of nitrogens with zero attached hydrogens (tertiary/aromatic N) is 1. The molecule has 0 aromatic carbocycles. The van der Waals surface area contributed by atoms with Crippen molar-refractivity contribution < 1.29 is 0 Å². The third kappa shape index (κ3) is 2.85. The van der Waals surface area contributed by atoms with Crippen molar-refractivity contribution in [3.63, 3.8) is 0 Å². The highest BCUT2D eigenvalue weighted by Gasteiger charge is 2.46. The number of likely N-dealkylation sites (tertiary alicyclic amines) is 1. The van der Waals surface area contributed by atoms with Gasteiger partial charge in [0.2, 0.25) is 0 Å². The van der Waals surface area contributed by atoms with Gasteiger partial charge in [0.25, 0.3) is 0 Å². The maximum Gasteiger partial charge on any atom is 0.0337 e. The van der Waals surface area contributed by atoms with Crippen molar-refractivity contribution in [1.29, 1.82) is 0 Å². The van der Waals surface area contributed by atoms with Gasteiger partial charge >= 0.3 is 0 Å². The van der Waals surface area contributed by atoms with E-state index in [-0.39, 0.29) is 0 Å². The van der Waals surface area contributed by atoms with E-state index in [4.69, 9.17) is 5.73 Å². The highest BCUT2D eigenvalue weighted by Crippen LogP contribution is 2.44. The molecule has 1 saturated heterocycles. The van der Waals surface area contributed by atoms with Crippen LogP contribution in [-0.2, 0) is 0 Å². The molecule has 1 heterocycles. The summed E-state index contributed by atoms with van der Waals surface area (Å²) in [5.74, 6) is 1.77. The SMILES string of the molecule is CCC1CCC(C)N1C1(CN)CCC(C(C)C)CC1. The second kappa shape index (κ2) is 6.13. The molecule has 2 unspecified atom stereocenters. The van der Waals surface area contributed by atoms with Gasteiger partial charge in [0.05, 0.1) is 0 Å². The van der Waals surface area contributed by atoms with Crippen LogP contribution in [0.4, 0.5) is 0 Å². The molecule has 0 spiro atoms. The minimum Gasteiger partial charge on any atom is -0.329 e. The first-order valence-corrected chi connectivity index (χ1v) is 8.52. The molecule has 0 bridgehead atoms. The van der Waals surface area contributed by atoms with Crippen LogP contribution in [-0.4, -0.2) is 29.1 Å². The van der Waals surface area contributed by atoms with Crippen molar-refractivity contribution in [2.45, 2.75) is 90.3 Å². The van der Waals surface area contributed by atoms with E-state index in [0.29, 0.717) is 5.54 Å². The van der Waals surface area contributed by atoms with E-state index >= 15 is 0 Å². The van der Waals surface area contributed by atoms with Gasteiger partial charge in [-0.05, 0) is 63.7 Å². The molecule has 2 atom stereocenters. The first-order valence-electron chi connectivity index (χ1n) is 8.52. The average molecular weight is 266 g/mol. The summed E-state index contributed by atoms with van der Waals surface area (Å²) in [6.07, 6.45) is 9.46. The van der Waals surface area contributed by atoms with E-state index in [2.05, 4.69) is 32.6 Å². The molecule has 2 N–H and O–H groups in total. The highest BCUT2D eigenvalue weighted by atomic mass is 15.3. The predicted octanol–water partition coefficient (Wildman–Crippen LogP) is 3.79. The molecule has 112 valence electrons. The average Bonchev–Trinajstić information content (AvgIpc) is 2.80. The Morgan fingerprint density at radius 3 is 2.26 bits per heavy atom. The monoisotopic (exact) mass is 266 g/mol. The van der Waals surface area contributed by atoms with E-state index in [0.717, 1.165) is 30.5 Å². The van der Waals surface area contributed by atoms with Gasteiger partial charge in [-0.3, -0.25) is 4.90 Å². The van der Waals surface area contributed by atoms with E-state index in [1.807, 2.05) is 0 Å². The zero-order valence-corrected chi connectivity index (χ0v) is 13.5. The molecule has 0 aromatic heterocycles. The molecule has 1 saturated carbocycles. The Morgan fingerprint density at radius 1 is 1.16 bits per heavy atom. The van der Waals surface area contributed by atoms with Crippen LogP contribution in [0.5, 0.6) is 0 Å². The normalized spacial score (nSPS) is 41.1. The Labute approximate surface area is 120 Å². The lowest BCUT2D eigenvalue weighted by molar-refractivity contribution is 0.000401. The van der Waals surface area contributed by atoms with Gasteiger partial charge in [-0.15, -0.1) is 0 Å².